The number of carbonyl (C=O) groups is 3. The van der Waals surface area contributed by atoms with Crippen molar-refractivity contribution < 1.29 is 37.7 Å². The predicted octanol–water partition coefficient (Wildman–Crippen LogP) is 1.45. The Labute approximate surface area is 218 Å². The van der Waals surface area contributed by atoms with Crippen LogP contribution in [-0.2, 0) is 19.1 Å². The van der Waals surface area contributed by atoms with Crippen molar-refractivity contribution in [1.82, 2.24) is 16.1 Å². The average molecular weight is 528 g/mol. The Morgan fingerprint density at radius 3 is 2.71 bits per heavy atom. The Bertz CT molecular complexity index is 1250. The van der Waals surface area contributed by atoms with E-state index in [-0.39, 0.29) is 17.9 Å². The van der Waals surface area contributed by atoms with Crippen molar-refractivity contribution in [3.8, 4) is 11.5 Å². The van der Waals surface area contributed by atoms with Gasteiger partial charge < -0.3 is 38.9 Å². The summed E-state index contributed by atoms with van der Waals surface area (Å²) >= 11 is 0. The summed E-state index contributed by atoms with van der Waals surface area (Å²) in [7, 11) is 2.70. The van der Waals surface area contributed by atoms with Crippen molar-refractivity contribution >= 4 is 30.0 Å². The molecule has 4 rings (SSSR count). The largest absolute Gasteiger partial charge is 0.493 e. The molecule has 13 heteroatoms. The molecular formula is C25H29N5O8. The van der Waals surface area contributed by atoms with Crippen LogP contribution < -0.4 is 30.4 Å². The predicted molar refractivity (Wildman–Crippen MR) is 135 cm³/mol. The topological polar surface area (TPSA) is 153 Å². The van der Waals surface area contributed by atoms with Gasteiger partial charge in [0.2, 0.25) is 0 Å². The minimum Gasteiger partial charge on any atom is -0.493 e. The molecule has 0 unspecified atom stereocenters. The molecule has 1 atom stereocenters. The van der Waals surface area contributed by atoms with Crippen LogP contribution in [0.25, 0.3) is 0 Å². The van der Waals surface area contributed by atoms with Crippen molar-refractivity contribution in [3.63, 3.8) is 0 Å². The minimum absolute atomic E-state index is 0.258. The monoisotopic (exact) mass is 527 g/mol. The van der Waals surface area contributed by atoms with Crippen molar-refractivity contribution in [1.29, 1.82) is 0 Å². The van der Waals surface area contributed by atoms with E-state index in [9.17, 15) is 14.4 Å². The highest BCUT2D eigenvalue weighted by molar-refractivity contribution is 5.95. The molecule has 2 aromatic rings. The average Bonchev–Trinajstić information content (AvgIpc) is 3.40. The molecule has 2 aliphatic rings. The van der Waals surface area contributed by atoms with Crippen LogP contribution in [0.2, 0.25) is 0 Å². The van der Waals surface area contributed by atoms with Crippen LogP contribution in [0.1, 0.15) is 24.3 Å². The van der Waals surface area contributed by atoms with Gasteiger partial charge in [0.15, 0.2) is 24.0 Å². The summed E-state index contributed by atoms with van der Waals surface area (Å²) in [5.74, 6) is 0.726. The lowest BCUT2D eigenvalue weighted by Gasteiger charge is -2.28. The number of methoxy groups -OCH3 is 2. The number of nitrogens with zero attached hydrogens (tertiary/aromatic N) is 2. The summed E-state index contributed by atoms with van der Waals surface area (Å²) in [6.07, 6.45) is 1.40. The van der Waals surface area contributed by atoms with E-state index in [1.54, 1.807) is 31.2 Å². The Morgan fingerprint density at radius 1 is 1.18 bits per heavy atom. The van der Waals surface area contributed by atoms with E-state index in [0.717, 1.165) is 13.1 Å². The number of hydrazone groups is 1. The highest BCUT2D eigenvalue weighted by atomic mass is 16.5. The Balaban J connectivity index is 1.35. The Kier molecular flexibility index (Phi) is 8.48. The van der Waals surface area contributed by atoms with Crippen molar-refractivity contribution in [2.75, 3.05) is 52.0 Å². The van der Waals surface area contributed by atoms with Gasteiger partial charge in [-0.25, -0.2) is 15.0 Å². The number of ether oxygens (including phenoxy) is 4. The minimum atomic E-state index is -0.762. The number of hydrogen-bond acceptors (Lipinski definition) is 10. The van der Waals surface area contributed by atoms with Gasteiger partial charge >= 0.3 is 12.0 Å². The molecule has 13 nitrogen and oxygen atoms in total. The molecule has 0 saturated carbocycles. The third-order valence-corrected chi connectivity index (χ3v) is 5.87. The number of anilines is 1. The standard InChI is InChI=1S/C25H29N5O8/c1-15-22(24(32)35-3)23(28-25(33)27-15)16-4-6-18(19(12-16)34-2)37-14-20(31)29-26-13-17-5-7-21(38-17)30-8-10-36-11-9-30/h4-7,12-13,23H,8-11,14H2,1-3H3,(H,29,31)(H2,27,28,33)/b26-13-/t23-/m1/s1. The van der Waals surface area contributed by atoms with Gasteiger partial charge in [0, 0.05) is 24.9 Å². The zero-order valence-electron chi connectivity index (χ0n) is 21.2. The maximum absolute atomic E-state index is 12.3. The first-order valence-electron chi connectivity index (χ1n) is 11.8. The molecule has 0 bridgehead atoms. The summed E-state index contributed by atoms with van der Waals surface area (Å²) in [5, 5.41) is 9.18. The molecule has 3 amide bonds. The summed E-state index contributed by atoms with van der Waals surface area (Å²) in [5.41, 5.74) is 3.59. The SMILES string of the molecule is COC(=O)C1=C(C)NC(=O)N[C@@H]1c1ccc(OCC(=O)N/N=C\c2ccc(N3CCOCC3)o2)c(OC)c1. The number of allylic oxidation sites excluding steroid dienone is 1. The molecule has 1 aromatic heterocycles. The van der Waals surface area contributed by atoms with Gasteiger partial charge in [0.1, 0.15) is 5.76 Å². The van der Waals surface area contributed by atoms with E-state index in [0.29, 0.717) is 41.9 Å². The van der Waals surface area contributed by atoms with Crippen LogP contribution in [0.15, 0.2) is 51.1 Å². The van der Waals surface area contributed by atoms with Crippen LogP contribution in [0.3, 0.4) is 0 Å². The quantitative estimate of drug-likeness (QED) is 0.250. The first-order chi connectivity index (χ1) is 18.4. The maximum Gasteiger partial charge on any atom is 0.337 e. The molecule has 2 aliphatic heterocycles. The molecule has 1 saturated heterocycles. The number of esters is 1. The van der Waals surface area contributed by atoms with E-state index in [4.69, 9.17) is 23.4 Å². The number of hydrogen-bond donors (Lipinski definition) is 3. The molecule has 3 heterocycles. The summed E-state index contributed by atoms with van der Waals surface area (Å²) in [6.45, 7) is 4.07. The molecule has 3 N–H and O–H groups in total. The lowest BCUT2D eigenvalue weighted by molar-refractivity contribution is -0.136. The smallest absolute Gasteiger partial charge is 0.337 e. The fourth-order valence-electron chi connectivity index (χ4n) is 4.02. The second kappa shape index (κ2) is 12.1. The van der Waals surface area contributed by atoms with Crippen LogP contribution in [-0.4, -0.2) is 71.3 Å². The van der Waals surface area contributed by atoms with E-state index >= 15 is 0 Å². The first kappa shape index (κ1) is 26.5. The number of furan rings is 1. The van der Waals surface area contributed by atoms with Crippen LogP contribution in [0.4, 0.5) is 10.7 Å². The first-order valence-corrected chi connectivity index (χ1v) is 11.8. The van der Waals surface area contributed by atoms with Gasteiger partial charge in [-0.3, -0.25) is 4.79 Å². The Hall–Kier alpha value is -4.52. The molecule has 0 aliphatic carbocycles. The van der Waals surface area contributed by atoms with Gasteiger partial charge in [-0.15, -0.1) is 0 Å². The van der Waals surface area contributed by atoms with Crippen molar-refractivity contribution in [2.45, 2.75) is 13.0 Å². The third-order valence-electron chi connectivity index (χ3n) is 5.87. The number of carbonyl (C=O) groups excluding carboxylic acids is 3. The highest BCUT2D eigenvalue weighted by Crippen LogP contribution is 2.34. The van der Waals surface area contributed by atoms with Gasteiger partial charge in [-0.05, 0) is 30.7 Å². The van der Waals surface area contributed by atoms with Gasteiger partial charge in [-0.2, -0.15) is 5.10 Å². The summed E-state index contributed by atoms with van der Waals surface area (Å²) < 4.78 is 26.9. The van der Waals surface area contributed by atoms with E-state index in [2.05, 4.69) is 26.1 Å². The van der Waals surface area contributed by atoms with E-state index in [1.807, 2.05) is 6.07 Å². The molecular weight excluding hydrogens is 498 g/mol. The fourth-order valence-corrected chi connectivity index (χ4v) is 4.02. The van der Waals surface area contributed by atoms with Gasteiger partial charge in [-0.1, -0.05) is 6.07 Å². The molecule has 0 spiro atoms. The molecule has 1 fully saturated rings. The lowest BCUT2D eigenvalue weighted by Crippen LogP contribution is -2.45. The van der Waals surface area contributed by atoms with E-state index < -0.39 is 23.9 Å². The van der Waals surface area contributed by atoms with Gasteiger partial charge in [0.25, 0.3) is 5.91 Å². The van der Waals surface area contributed by atoms with Gasteiger partial charge in [0.05, 0.1) is 45.3 Å². The fraction of sp³-hybridized carbons (Fsp3) is 0.360. The highest BCUT2D eigenvalue weighted by Gasteiger charge is 2.32. The van der Waals surface area contributed by atoms with Crippen LogP contribution >= 0.6 is 0 Å². The zero-order chi connectivity index (χ0) is 27.1. The Morgan fingerprint density at radius 2 is 1.97 bits per heavy atom. The second-order valence-corrected chi connectivity index (χ2v) is 8.33. The second-order valence-electron chi connectivity index (χ2n) is 8.33. The van der Waals surface area contributed by atoms with Crippen molar-refractivity contribution in [2.24, 2.45) is 5.10 Å². The number of nitrogens with one attached hydrogen (secondary N) is 3. The number of rotatable bonds is 9. The normalized spacial score (nSPS) is 17.6. The summed E-state index contributed by atoms with van der Waals surface area (Å²) in [4.78, 5) is 38.7. The molecule has 1 aromatic carbocycles. The molecule has 38 heavy (non-hydrogen) atoms. The van der Waals surface area contributed by atoms with Crippen LogP contribution in [0.5, 0.6) is 11.5 Å². The number of amides is 3. The summed E-state index contributed by atoms with van der Waals surface area (Å²) in [6, 6.07) is 7.24. The third kappa shape index (κ3) is 6.24. The number of urea groups is 1. The lowest BCUT2D eigenvalue weighted by atomic mass is 9.95. The molecule has 0 radical (unpaired) electrons. The number of benzene rings is 1. The maximum atomic E-state index is 12.3. The van der Waals surface area contributed by atoms with Crippen molar-refractivity contribution in [3.05, 3.63) is 52.9 Å². The van der Waals surface area contributed by atoms with E-state index in [1.165, 1.54) is 20.4 Å². The van der Waals surface area contributed by atoms with Crippen LogP contribution in [0, 0.1) is 0 Å². The zero-order valence-corrected chi connectivity index (χ0v) is 21.2. The molecule has 202 valence electrons. The number of morpholine rings is 1.